The zero-order valence-corrected chi connectivity index (χ0v) is 9.20. The number of carbonyl (C=O) groups is 1. The largest absolute Gasteiger partial charge is 0.349 e. The molecule has 1 aromatic rings. The van der Waals surface area contributed by atoms with E-state index in [1.54, 1.807) is 24.3 Å². The van der Waals surface area contributed by atoms with E-state index in [1.807, 2.05) is 0 Å². The minimum Gasteiger partial charge on any atom is -0.349 e. The Morgan fingerprint density at radius 1 is 1.19 bits per heavy atom. The van der Waals surface area contributed by atoms with Crippen LogP contribution in [0.25, 0.3) is 0 Å². The first-order valence-electron chi connectivity index (χ1n) is 5.67. The predicted octanol–water partition coefficient (Wildman–Crippen LogP) is 1.64. The molecule has 4 N–H and O–H groups in total. The molecule has 1 aliphatic carbocycles. The highest BCUT2D eigenvalue weighted by molar-refractivity contribution is 5.94. The van der Waals surface area contributed by atoms with Crippen LogP contribution in [0.3, 0.4) is 0 Å². The number of hydrazine groups is 1. The summed E-state index contributed by atoms with van der Waals surface area (Å²) in [4.78, 5) is 11.8. The van der Waals surface area contributed by atoms with Crippen molar-refractivity contribution < 1.29 is 4.79 Å². The van der Waals surface area contributed by atoms with Crippen molar-refractivity contribution in [1.29, 1.82) is 0 Å². The van der Waals surface area contributed by atoms with Crippen LogP contribution >= 0.6 is 0 Å². The molecule has 0 radical (unpaired) electrons. The number of amides is 1. The van der Waals surface area contributed by atoms with Gasteiger partial charge in [0.25, 0.3) is 5.91 Å². The number of carbonyl (C=O) groups excluding carboxylic acids is 1. The van der Waals surface area contributed by atoms with Crippen LogP contribution in [0.4, 0.5) is 5.69 Å². The van der Waals surface area contributed by atoms with E-state index in [1.165, 1.54) is 12.8 Å². The van der Waals surface area contributed by atoms with Crippen LogP contribution in [0, 0.1) is 0 Å². The van der Waals surface area contributed by atoms with Crippen LogP contribution in [0.1, 0.15) is 36.0 Å². The van der Waals surface area contributed by atoms with Crippen LogP contribution in [0.5, 0.6) is 0 Å². The number of nitrogen functional groups attached to an aromatic ring is 1. The summed E-state index contributed by atoms with van der Waals surface area (Å²) in [6.07, 6.45) is 4.66. The number of hydrogen-bond donors (Lipinski definition) is 3. The van der Waals surface area contributed by atoms with Crippen molar-refractivity contribution in [2.45, 2.75) is 31.7 Å². The second kappa shape index (κ2) is 4.99. The van der Waals surface area contributed by atoms with E-state index >= 15 is 0 Å². The number of benzene rings is 1. The number of nitrogens with one attached hydrogen (secondary N) is 2. The van der Waals surface area contributed by atoms with Gasteiger partial charge in [0.2, 0.25) is 0 Å². The molecule has 1 aliphatic rings. The Morgan fingerprint density at radius 2 is 1.81 bits per heavy atom. The number of nitrogens with two attached hydrogens (primary N) is 1. The molecule has 0 aromatic heterocycles. The molecule has 16 heavy (non-hydrogen) atoms. The fourth-order valence-electron chi connectivity index (χ4n) is 2.06. The molecule has 4 heteroatoms. The summed E-state index contributed by atoms with van der Waals surface area (Å²) in [5.74, 6) is 5.27. The molecule has 1 saturated carbocycles. The topological polar surface area (TPSA) is 67.1 Å². The van der Waals surface area contributed by atoms with E-state index in [0.717, 1.165) is 18.5 Å². The van der Waals surface area contributed by atoms with Crippen LogP contribution < -0.4 is 16.6 Å². The standard InChI is InChI=1S/C12H17N3O/c13-15-11-7-5-9(6-8-11)12(16)14-10-3-1-2-4-10/h5-8,10,15H,1-4,13H2,(H,14,16). The maximum Gasteiger partial charge on any atom is 0.251 e. The highest BCUT2D eigenvalue weighted by atomic mass is 16.1. The van der Waals surface area contributed by atoms with Gasteiger partial charge in [-0.15, -0.1) is 0 Å². The Kier molecular flexibility index (Phi) is 3.41. The van der Waals surface area contributed by atoms with Gasteiger partial charge >= 0.3 is 0 Å². The second-order valence-electron chi connectivity index (χ2n) is 4.18. The maximum absolute atomic E-state index is 11.8. The monoisotopic (exact) mass is 219 g/mol. The highest BCUT2D eigenvalue weighted by Gasteiger charge is 2.17. The molecule has 4 nitrogen and oxygen atoms in total. The van der Waals surface area contributed by atoms with E-state index < -0.39 is 0 Å². The zero-order valence-electron chi connectivity index (χ0n) is 9.20. The summed E-state index contributed by atoms with van der Waals surface area (Å²) < 4.78 is 0. The summed E-state index contributed by atoms with van der Waals surface area (Å²) in [6, 6.07) is 7.51. The normalized spacial score (nSPS) is 16.1. The quantitative estimate of drug-likeness (QED) is 0.535. The molecular weight excluding hydrogens is 202 g/mol. The molecule has 1 aromatic carbocycles. The number of anilines is 1. The Hall–Kier alpha value is -1.55. The molecule has 86 valence electrons. The lowest BCUT2D eigenvalue weighted by molar-refractivity contribution is 0.0938. The van der Waals surface area contributed by atoms with Gasteiger partial charge in [0.05, 0.1) is 0 Å². The van der Waals surface area contributed by atoms with Gasteiger partial charge < -0.3 is 10.7 Å². The number of hydrogen-bond acceptors (Lipinski definition) is 3. The van der Waals surface area contributed by atoms with Crippen LogP contribution in [0.2, 0.25) is 0 Å². The molecule has 1 amide bonds. The molecule has 2 rings (SSSR count). The third-order valence-electron chi connectivity index (χ3n) is 3.00. The SMILES string of the molecule is NNc1ccc(C(=O)NC2CCCC2)cc1. The van der Waals surface area contributed by atoms with Crippen molar-refractivity contribution in [1.82, 2.24) is 5.32 Å². The summed E-state index contributed by atoms with van der Waals surface area (Å²) in [5.41, 5.74) is 4.02. The van der Waals surface area contributed by atoms with E-state index in [9.17, 15) is 4.79 Å². The fraction of sp³-hybridized carbons (Fsp3) is 0.417. The van der Waals surface area contributed by atoms with Gasteiger partial charge in [-0.25, -0.2) is 0 Å². The molecule has 0 atom stereocenters. The molecule has 0 heterocycles. The van der Waals surface area contributed by atoms with Crippen LogP contribution in [-0.2, 0) is 0 Å². The Morgan fingerprint density at radius 3 is 2.38 bits per heavy atom. The van der Waals surface area contributed by atoms with Gasteiger partial charge in [-0.2, -0.15) is 0 Å². The first kappa shape index (κ1) is 11.0. The Bertz CT molecular complexity index is 355. The maximum atomic E-state index is 11.8. The molecule has 1 fully saturated rings. The minimum absolute atomic E-state index is 0.00970. The average molecular weight is 219 g/mol. The first-order valence-corrected chi connectivity index (χ1v) is 5.67. The lowest BCUT2D eigenvalue weighted by atomic mass is 10.1. The third kappa shape index (κ3) is 2.52. The van der Waals surface area contributed by atoms with E-state index in [4.69, 9.17) is 5.84 Å². The number of rotatable bonds is 3. The van der Waals surface area contributed by atoms with Gasteiger partial charge in [0.1, 0.15) is 0 Å². The molecule has 0 aliphatic heterocycles. The third-order valence-corrected chi connectivity index (χ3v) is 3.00. The van der Waals surface area contributed by atoms with Crippen LogP contribution in [-0.4, -0.2) is 11.9 Å². The summed E-state index contributed by atoms with van der Waals surface area (Å²) in [7, 11) is 0. The van der Waals surface area contributed by atoms with Gasteiger partial charge in [0, 0.05) is 17.3 Å². The van der Waals surface area contributed by atoms with Crippen molar-refractivity contribution in [3.63, 3.8) is 0 Å². The van der Waals surface area contributed by atoms with Crippen molar-refractivity contribution >= 4 is 11.6 Å². The summed E-state index contributed by atoms with van der Waals surface area (Å²) in [5, 5.41) is 3.04. The predicted molar refractivity (Wildman–Crippen MR) is 64.0 cm³/mol. The van der Waals surface area contributed by atoms with E-state index in [-0.39, 0.29) is 5.91 Å². The van der Waals surface area contributed by atoms with Crippen molar-refractivity contribution in [2.75, 3.05) is 5.43 Å². The summed E-state index contributed by atoms with van der Waals surface area (Å²) >= 11 is 0. The lowest BCUT2D eigenvalue weighted by Crippen LogP contribution is -2.32. The molecule has 0 bridgehead atoms. The second-order valence-corrected chi connectivity index (χ2v) is 4.18. The van der Waals surface area contributed by atoms with Gasteiger partial charge in [0.15, 0.2) is 0 Å². The van der Waals surface area contributed by atoms with Gasteiger partial charge in [-0.3, -0.25) is 10.6 Å². The highest BCUT2D eigenvalue weighted by Crippen LogP contribution is 2.18. The molecule has 0 spiro atoms. The first-order chi connectivity index (χ1) is 7.79. The van der Waals surface area contributed by atoms with Crippen molar-refractivity contribution in [3.05, 3.63) is 29.8 Å². The average Bonchev–Trinajstić information content (AvgIpc) is 2.82. The molecule has 0 unspecified atom stereocenters. The smallest absolute Gasteiger partial charge is 0.251 e. The van der Waals surface area contributed by atoms with Crippen LogP contribution in [0.15, 0.2) is 24.3 Å². The van der Waals surface area contributed by atoms with Gasteiger partial charge in [-0.1, -0.05) is 12.8 Å². The van der Waals surface area contributed by atoms with Crippen molar-refractivity contribution in [3.8, 4) is 0 Å². The fourth-order valence-corrected chi connectivity index (χ4v) is 2.06. The van der Waals surface area contributed by atoms with E-state index in [0.29, 0.717) is 11.6 Å². The Balaban J connectivity index is 1.97. The zero-order chi connectivity index (χ0) is 11.4. The minimum atomic E-state index is 0.00970. The van der Waals surface area contributed by atoms with Crippen molar-refractivity contribution in [2.24, 2.45) is 5.84 Å². The molecular formula is C12H17N3O. The van der Waals surface area contributed by atoms with Gasteiger partial charge in [-0.05, 0) is 37.1 Å². The Labute approximate surface area is 95.2 Å². The molecule has 0 saturated heterocycles. The summed E-state index contributed by atoms with van der Waals surface area (Å²) in [6.45, 7) is 0. The van der Waals surface area contributed by atoms with E-state index in [2.05, 4.69) is 10.7 Å². The lowest BCUT2D eigenvalue weighted by Gasteiger charge is -2.11.